The van der Waals surface area contributed by atoms with Crippen LogP contribution in [0.5, 0.6) is 0 Å². The third-order valence-electron chi connectivity index (χ3n) is 4.40. The summed E-state index contributed by atoms with van der Waals surface area (Å²) in [6.07, 6.45) is 0.889. The highest BCUT2D eigenvalue weighted by Gasteiger charge is 2.35. The van der Waals surface area contributed by atoms with Gasteiger partial charge in [-0.3, -0.25) is 9.59 Å². The summed E-state index contributed by atoms with van der Waals surface area (Å²) in [5, 5.41) is 0.750. The lowest BCUT2D eigenvalue weighted by atomic mass is 9.90. The van der Waals surface area contributed by atoms with Gasteiger partial charge in [0, 0.05) is 29.0 Å². The van der Waals surface area contributed by atoms with Crippen LogP contribution >= 0.6 is 28.3 Å². The van der Waals surface area contributed by atoms with E-state index in [1.807, 2.05) is 18.2 Å². The summed E-state index contributed by atoms with van der Waals surface area (Å²) in [5.41, 5.74) is 6.59. The van der Waals surface area contributed by atoms with Crippen molar-refractivity contribution in [1.29, 1.82) is 0 Å². The monoisotopic (exact) mass is 399 g/mol. The summed E-state index contributed by atoms with van der Waals surface area (Å²) in [7, 11) is 0. The van der Waals surface area contributed by atoms with Crippen LogP contribution in [0.15, 0.2) is 33.5 Å². The Morgan fingerprint density at radius 3 is 2.87 bits per heavy atom. The van der Waals surface area contributed by atoms with Crippen LogP contribution in [-0.2, 0) is 0 Å². The molecule has 7 heteroatoms. The number of H-pyrrole nitrogens is 1. The number of pyridine rings is 1. The number of halogens is 2. The second-order valence-corrected chi connectivity index (χ2v) is 7.06. The van der Waals surface area contributed by atoms with Crippen molar-refractivity contribution >= 4 is 45.1 Å². The first-order valence-corrected chi connectivity index (χ1v) is 8.04. The number of aromatic nitrogens is 1. The second kappa shape index (κ2) is 6.63. The third-order valence-corrected chi connectivity index (χ3v) is 5.06. The number of likely N-dealkylation sites (tertiary alicyclic amines) is 1. The zero-order valence-electron chi connectivity index (χ0n) is 12.8. The van der Waals surface area contributed by atoms with Gasteiger partial charge in [-0.15, -0.1) is 12.4 Å². The Balaban J connectivity index is 0.00000192. The van der Waals surface area contributed by atoms with Crippen LogP contribution in [0.2, 0.25) is 0 Å². The van der Waals surface area contributed by atoms with Gasteiger partial charge in [-0.05, 0) is 40.4 Å². The number of benzene rings is 1. The van der Waals surface area contributed by atoms with Gasteiger partial charge in [-0.1, -0.05) is 19.1 Å². The quantitative estimate of drug-likeness (QED) is 0.813. The fraction of sp³-hybridized carbons (Fsp3) is 0.375. The van der Waals surface area contributed by atoms with Crippen molar-refractivity contribution in [1.82, 2.24) is 9.88 Å². The Kier molecular flexibility index (Phi) is 5.18. The Bertz CT molecular complexity index is 808. The highest BCUT2D eigenvalue weighted by Crippen LogP contribution is 2.31. The zero-order valence-corrected chi connectivity index (χ0v) is 15.2. The Morgan fingerprint density at radius 2 is 2.22 bits per heavy atom. The normalized spacial score (nSPS) is 20.6. The van der Waals surface area contributed by atoms with Crippen LogP contribution in [0.1, 0.15) is 23.7 Å². The van der Waals surface area contributed by atoms with Gasteiger partial charge in [0.05, 0.1) is 11.1 Å². The number of nitrogens with two attached hydrogens (primary N) is 1. The number of hydrogen-bond acceptors (Lipinski definition) is 3. The fourth-order valence-corrected chi connectivity index (χ4v) is 3.42. The van der Waals surface area contributed by atoms with Crippen molar-refractivity contribution in [3.05, 3.63) is 44.7 Å². The molecule has 1 amide bonds. The molecule has 0 aliphatic carbocycles. The highest BCUT2D eigenvalue weighted by molar-refractivity contribution is 9.10. The molecule has 1 fully saturated rings. The number of para-hydroxylation sites is 1. The minimum absolute atomic E-state index is 0. The topological polar surface area (TPSA) is 79.2 Å². The number of nitrogens with zero attached hydrogens (tertiary/aromatic N) is 1. The predicted molar refractivity (Wildman–Crippen MR) is 97.2 cm³/mol. The van der Waals surface area contributed by atoms with Gasteiger partial charge in [0.25, 0.3) is 5.91 Å². The zero-order chi connectivity index (χ0) is 15.9. The van der Waals surface area contributed by atoms with E-state index in [0.717, 1.165) is 16.3 Å². The molecule has 5 nitrogen and oxygen atoms in total. The molecule has 1 atom stereocenters. The SMILES string of the molecule is CC1(CN)CCN(C(=O)c2cc(=O)[nH]c3c(Br)cccc23)C1.Cl. The first-order valence-electron chi connectivity index (χ1n) is 7.24. The number of fused-ring (bicyclic) bond motifs is 1. The van der Waals surface area contributed by atoms with Crippen LogP contribution in [0.3, 0.4) is 0 Å². The standard InChI is InChI=1S/C16H18BrN3O2.ClH/c1-16(8-18)5-6-20(9-16)15(22)11-7-13(21)19-14-10(11)3-2-4-12(14)17;/h2-4,7H,5-6,8-9,18H2,1H3,(H,19,21);1H. The van der Waals surface area contributed by atoms with E-state index in [0.29, 0.717) is 30.7 Å². The van der Waals surface area contributed by atoms with E-state index in [4.69, 9.17) is 5.73 Å². The molecule has 1 unspecified atom stereocenters. The smallest absolute Gasteiger partial charge is 0.254 e. The van der Waals surface area contributed by atoms with E-state index >= 15 is 0 Å². The van der Waals surface area contributed by atoms with Crippen molar-refractivity contribution in [2.75, 3.05) is 19.6 Å². The number of hydrogen-bond donors (Lipinski definition) is 2. The summed E-state index contributed by atoms with van der Waals surface area (Å²) < 4.78 is 0.768. The average Bonchev–Trinajstić information content (AvgIpc) is 2.90. The van der Waals surface area contributed by atoms with Gasteiger partial charge >= 0.3 is 0 Å². The van der Waals surface area contributed by atoms with Crippen LogP contribution < -0.4 is 11.3 Å². The maximum atomic E-state index is 12.8. The number of aromatic amines is 1. The molecule has 23 heavy (non-hydrogen) atoms. The highest BCUT2D eigenvalue weighted by atomic mass is 79.9. The van der Waals surface area contributed by atoms with E-state index in [1.54, 1.807) is 4.90 Å². The van der Waals surface area contributed by atoms with Crippen LogP contribution in [0.4, 0.5) is 0 Å². The Morgan fingerprint density at radius 1 is 1.48 bits per heavy atom. The molecule has 124 valence electrons. The van der Waals surface area contributed by atoms with E-state index < -0.39 is 0 Å². The number of carbonyl (C=O) groups excluding carboxylic acids is 1. The fourth-order valence-electron chi connectivity index (χ4n) is 2.95. The minimum Gasteiger partial charge on any atom is -0.338 e. The Hall–Kier alpha value is -1.37. The van der Waals surface area contributed by atoms with E-state index in [2.05, 4.69) is 27.8 Å². The van der Waals surface area contributed by atoms with E-state index in [1.165, 1.54) is 6.07 Å². The molecule has 0 spiro atoms. The molecule has 1 aliphatic rings. The number of carbonyl (C=O) groups is 1. The van der Waals surface area contributed by atoms with E-state index in [9.17, 15) is 9.59 Å². The molecule has 0 radical (unpaired) electrons. The van der Waals surface area contributed by atoms with Gasteiger partial charge < -0.3 is 15.6 Å². The maximum absolute atomic E-state index is 12.8. The molecule has 1 saturated heterocycles. The minimum atomic E-state index is -0.275. The summed E-state index contributed by atoms with van der Waals surface area (Å²) in [4.78, 5) is 29.3. The van der Waals surface area contributed by atoms with Gasteiger partial charge in [-0.25, -0.2) is 0 Å². The van der Waals surface area contributed by atoms with Gasteiger partial charge in [-0.2, -0.15) is 0 Å². The van der Waals surface area contributed by atoms with E-state index in [-0.39, 0.29) is 29.3 Å². The first-order chi connectivity index (χ1) is 10.4. The lowest BCUT2D eigenvalue weighted by Gasteiger charge is -2.23. The van der Waals surface area contributed by atoms with Crippen LogP contribution in [-0.4, -0.2) is 35.4 Å². The molecular weight excluding hydrogens is 382 g/mol. The molecule has 3 N–H and O–H groups in total. The third kappa shape index (κ3) is 3.29. The lowest BCUT2D eigenvalue weighted by molar-refractivity contribution is 0.0778. The molecular formula is C16H19BrClN3O2. The Labute approximate surface area is 148 Å². The molecule has 1 aromatic heterocycles. The van der Waals surface area contributed by atoms with Crippen molar-refractivity contribution in [3.63, 3.8) is 0 Å². The summed E-state index contributed by atoms with van der Waals surface area (Å²) in [5.74, 6) is -0.105. The van der Waals surface area contributed by atoms with Gasteiger partial charge in [0.15, 0.2) is 0 Å². The molecule has 2 aromatic rings. The number of nitrogens with one attached hydrogen (secondary N) is 1. The first kappa shape index (κ1) is 18.0. The summed E-state index contributed by atoms with van der Waals surface area (Å²) >= 11 is 3.42. The van der Waals surface area contributed by atoms with Gasteiger partial charge in [0.1, 0.15) is 0 Å². The van der Waals surface area contributed by atoms with Gasteiger partial charge in [0.2, 0.25) is 5.56 Å². The molecule has 0 saturated carbocycles. The van der Waals surface area contributed by atoms with Crippen molar-refractivity contribution in [2.45, 2.75) is 13.3 Å². The predicted octanol–water partition coefficient (Wildman–Crippen LogP) is 2.52. The molecule has 1 aromatic carbocycles. The van der Waals surface area contributed by atoms with Crippen molar-refractivity contribution in [3.8, 4) is 0 Å². The second-order valence-electron chi connectivity index (χ2n) is 6.20. The molecule has 1 aliphatic heterocycles. The van der Waals surface area contributed by atoms with Crippen molar-refractivity contribution in [2.24, 2.45) is 11.1 Å². The number of rotatable bonds is 2. The lowest BCUT2D eigenvalue weighted by Crippen LogP contribution is -2.35. The van der Waals surface area contributed by atoms with Crippen molar-refractivity contribution < 1.29 is 4.79 Å². The number of amides is 1. The average molecular weight is 401 g/mol. The van der Waals surface area contributed by atoms with Crippen LogP contribution in [0, 0.1) is 5.41 Å². The molecule has 2 heterocycles. The summed E-state index contributed by atoms with van der Waals surface area (Å²) in [6.45, 7) is 3.95. The maximum Gasteiger partial charge on any atom is 0.254 e. The van der Waals surface area contributed by atoms with Crippen LogP contribution in [0.25, 0.3) is 10.9 Å². The molecule has 3 rings (SSSR count). The summed E-state index contributed by atoms with van der Waals surface area (Å²) in [6, 6.07) is 6.93. The largest absolute Gasteiger partial charge is 0.338 e. The molecule has 0 bridgehead atoms.